The largest absolute Gasteiger partial charge is 0.304 e. The number of aromatic nitrogens is 3. The van der Waals surface area contributed by atoms with Crippen molar-refractivity contribution < 1.29 is 4.79 Å². The molecule has 0 unspecified atom stereocenters. The zero-order valence-corrected chi connectivity index (χ0v) is 15.5. The van der Waals surface area contributed by atoms with Gasteiger partial charge in [-0.05, 0) is 44.5 Å². The third kappa shape index (κ3) is 3.78. The molecule has 2 heterocycles. The molecule has 0 atom stereocenters. The van der Waals surface area contributed by atoms with E-state index in [4.69, 9.17) is 0 Å². The number of aryl methyl sites for hydroxylation is 1. The van der Waals surface area contributed by atoms with Crippen LogP contribution in [0.1, 0.15) is 40.6 Å². The van der Waals surface area contributed by atoms with Crippen LogP contribution in [0.2, 0.25) is 0 Å². The van der Waals surface area contributed by atoms with Gasteiger partial charge in [-0.2, -0.15) is 0 Å². The molecule has 4 rings (SSSR count). The number of carbonyl (C=O) groups excluding carboxylic acids is 1. The molecule has 0 radical (unpaired) electrons. The Morgan fingerprint density at radius 1 is 1.12 bits per heavy atom. The molecular formula is C19H26N6O. The quantitative estimate of drug-likeness (QED) is 0.889. The van der Waals surface area contributed by atoms with E-state index in [-0.39, 0.29) is 5.91 Å². The van der Waals surface area contributed by atoms with Gasteiger partial charge in [0.1, 0.15) is 5.82 Å². The Morgan fingerprint density at radius 3 is 2.46 bits per heavy atom. The second kappa shape index (κ2) is 7.17. The van der Waals surface area contributed by atoms with E-state index >= 15 is 0 Å². The number of piperazine rings is 1. The molecule has 1 saturated carbocycles. The number of likely N-dealkylation sites (N-methyl/N-ethyl adjacent to an activating group) is 1. The molecule has 1 aliphatic carbocycles. The van der Waals surface area contributed by atoms with Gasteiger partial charge in [0.25, 0.3) is 5.91 Å². The Kier molecular flexibility index (Phi) is 4.74. The third-order valence-electron chi connectivity index (χ3n) is 5.22. The van der Waals surface area contributed by atoms with E-state index in [1.54, 1.807) is 0 Å². The van der Waals surface area contributed by atoms with Crippen molar-refractivity contribution in [2.75, 3.05) is 38.5 Å². The number of rotatable bonds is 5. The van der Waals surface area contributed by atoms with Gasteiger partial charge in [0.05, 0.1) is 0 Å². The number of nitrogens with one attached hydrogen (secondary N) is 1. The predicted molar refractivity (Wildman–Crippen MR) is 100 cm³/mol. The van der Waals surface area contributed by atoms with Crippen molar-refractivity contribution in [3.63, 3.8) is 0 Å². The fraction of sp³-hybridized carbons (Fsp3) is 0.526. The predicted octanol–water partition coefficient (Wildman–Crippen LogP) is 1.92. The average molecular weight is 354 g/mol. The van der Waals surface area contributed by atoms with Crippen molar-refractivity contribution in [3.05, 3.63) is 41.2 Å². The maximum Gasteiger partial charge on any atom is 0.258 e. The van der Waals surface area contributed by atoms with Gasteiger partial charge in [0, 0.05) is 44.3 Å². The third-order valence-corrected chi connectivity index (χ3v) is 5.22. The van der Waals surface area contributed by atoms with Gasteiger partial charge < -0.3 is 4.90 Å². The molecule has 2 aliphatic rings. The molecule has 1 amide bonds. The smallest absolute Gasteiger partial charge is 0.258 e. The number of hydrogen-bond donors (Lipinski definition) is 1. The van der Waals surface area contributed by atoms with Crippen LogP contribution in [-0.2, 0) is 6.54 Å². The van der Waals surface area contributed by atoms with Crippen LogP contribution in [0.3, 0.4) is 0 Å². The summed E-state index contributed by atoms with van der Waals surface area (Å²) in [5.41, 5.74) is 1.89. The second-order valence-corrected chi connectivity index (χ2v) is 7.40. The molecule has 2 fully saturated rings. The highest BCUT2D eigenvalue weighted by Gasteiger charge is 2.28. The molecule has 1 aromatic carbocycles. The Morgan fingerprint density at radius 2 is 1.81 bits per heavy atom. The summed E-state index contributed by atoms with van der Waals surface area (Å²) in [6, 6.07) is 8.32. The summed E-state index contributed by atoms with van der Waals surface area (Å²) in [7, 11) is 2.16. The first-order valence-electron chi connectivity index (χ1n) is 9.33. The highest BCUT2D eigenvalue weighted by molar-refractivity contribution is 6.03. The van der Waals surface area contributed by atoms with Crippen LogP contribution >= 0.6 is 0 Å². The number of amides is 1. The highest BCUT2D eigenvalue weighted by Crippen LogP contribution is 2.37. The van der Waals surface area contributed by atoms with Gasteiger partial charge in [-0.25, -0.2) is 0 Å². The molecule has 1 aliphatic heterocycles. The summed E-state index contributed by atoms with van der Waals surface area (Å²) in [5, 5.41) is 11.1. The Bertz CT molecular complexity index is 772. The average Bonchev–Trinajstić information content (AvgIpc) is 3.41. The zero-order valence-electron chi connectivity index (χ0n) is 15.5. The lowest BCUT2D eigenvalue weighted by Crippen LogP contribution is -2.43. The molecular weight excluding hydrogens is 328 g/mol. The number of anilines is 1. The van der Waals surface area contributed by atoms with Crippen molar-refractivity contribution in [2.24, 2.45) is 0 Å². The molecule has 7 nitrogen and oxygen atoms in total. The van der Waals surface area contributed by atoms with E-state index in [0.717, 1.165) is 51.4 Å². The van der Waals surface area contributed by atoms with E-state index in [2.05, 4.69) is 32.4 Å². The SMILES string of the molecule is Cc1nnc(NC(=O)c2ccc(CN3CCN(C)CC3)cc2)n1C1CC1. The number of hydrogen-bond acceptors (Lipinski definition) is 5. The van der Waals surface area contributed by atoms with E-state index in [9.17, 15) is 4.79 Å². The van der Waals surface area contributed by atoms with Crippen molar-refractivity contribution in [1.82, 2.24) is 24.6 Å². The van der Waals surface area contributed by atoms with Crippen molar-refractivity contribution in [1.29, 1.82) is 0 Å². The van der Waals surface area contributed by atoms with Crippen molar-refractivity contribution >= 4 is 11.9 Å². The zero-order chi connectivity index (χ0) is 18.1. The van der Waals surface area contributed by atoms with E-state index in [0.29, 0.717) is 17.6 Å². The molecule has 26 heavy (non-hydrogen) atoms. The molecule has 1 N–H and O–H groups in total. The Hall–Kier alpha value is -2.25. The van der Waals surface area contributed by atoms with Gasteiger partial charge in [-0.1, -0.05) is 12.1 Å². The molecule has 1 aromatic heterocycles. The van der Waals surface area contributed by atoms with Gasteiger partial charge in [-0.3, -0.25) is 19.6 Å². The summed E-state index contributed by atoms with van der Waals surface area (Å²) in [6.07, 6.45) is 2.26. The fourth-order valence-electron chi connectivity index (χ4n) is 3.42. The minimum atomic E-state index is -0.134. The summed E-state index contributed by atoms with van der Waals surface area (Å²) in [4.78, 5) is 17.4. The van der Waals surface area contributed by atoms with Gasteiger partial charge in [0.15, 0.2) is 0 Å². The summed E-state index contributed by atoms with van der Waals surface area (Å²) >= 11 is 0. The monoisotopic (exact) mass is 354 g/mol. The van der Waals surface area contributed by atoms with Gasteiger partial charge in [-0.15, -0.1) is 10.2 Å². The molecule has 7 heteroatoms. The summed E-state index contributed by atoms with van der Waals surface area (Å²) < 4.78 is 2.03. The second-order valence-electron chi connectivity index (χ2n) is 7.40. The normalized spacial score (nSPS) is 18.8. The number of carbonyl (C=O) groups is 1. The van der Waals surface area contributed by atoms with Gasteiger partial charge >= 0.3 is 0 Å². The molecule has 1 saturated heterocycles. The van der Waals surface area contributed by atoms with Crippen LogP contribution in [-0.4, -0.2) is 63.7 Å². The van der Waals surface area contributed by atoms with Crippen LogP contribution < -0.4 is 5.32 Å². The number of nitrogens with zero attached hydrogens (tertiary/aromatic N) is 5. The molecule has 138 valence electrons. The van der Waals surface area contributed by atoms with E-state index < -0.39 is 0 Å². The first-order valence-corrected chi connectivity index (χ1v) is 9.33. The summed E-state index contributed by atoms with van der Waals surface area (Å²) in [6.45, 7) is 7.27. The molecule has 0 spiro atoms. The Balaban J connectivity index is 1.38. The minimum absolute atomic E-state index is 0.134. The summed E-state index contributed by atoms with van der Waals surface area (Å²) in [5.74, 6) is 1.27. The van der Waals surface area contributed by atoms with E-state index in [1.807, 2.05) is 35.8 Å². The minimum Gasteiger partial charge on any atom is -0.304 e. The maximum atomic E-state index is 12.5. The van der Waals surface area contributed by atoms with Gasteiger partial charge in [0.2, 0.25) is 5.95 Å². The van der Waals surface area contributed by atoms with Crippen LogP contribution in [0.5, 0.6) is 0 Å². The first kappa shape index (κ1) is 17.2. The maximum absolute atomic E-state index is 12.5. The molecule has 0 bridgehead atoms. The first-order chi connectivity index (χ1) is 12.6. The lowest BCUT2D eigenvalue weighted by Gasteiger charge is -2.32. The van der Waals surface area contributed by atoms with Crippen LogP contribution in [0.25, 0.3) is 0 Å². The topological polar surface area (TPSA) is 66.3 Å². The number of benzene rings is 1. The highest BCUT2D eigenvalue weighted by atomic mass is 16.1. The van der Waals surface area contributed by atoms with Crippen molar-refractivity contribution in [3.8, 4) is 0 Å². The van der Waals surface area contributed by atoms with Crippen LogP contribution in [0.15, 0.2) is 24.3 Å². The lowest BCUT2D eigenvalue weighted by molar-refractivity contribution is 0.102. The van der Waals surface area contributed by atoms with E-state index in [1.165, 1.54) is 5.56 Å². The molecule has 2 aromatic rings. The van der Waals surface area contributed by atoms with Crippen LogP contribution in [0, 0.1) is 6.92 Å². The van der Waals surface area contributed by atoms with Crippen LogP contribution in [0.4, 0.5) is 5.95 Å². The Labute approximate surface area is 154 Å². The lowest BCUT2D eigenvalue weighted by atomic mass is 10.1. The standard InChI is InChI=1S/C19H26N6O/c1-14-21-22-19(25(14)17-7-8-17)20-18(26)16-5-3-15(4-6-16)13-24-11-9-23(2)10-12-24/h3-6,17H,7-13H2,1-2H3,(H,20,22,26). The fourth-order valence-corrected chi connectivity index (χ4v) is 3.42. The van der Waals surface area contributed by atoms with Crippen molar-refractivity contribution in [2.45, 2.75) is 32.4 Å².